The molecular formula is C23H31FN4O2+2. The minimum Gasteiger partial charge on any atom is -0.321 e. The normalized spacial score (nSPS) is 18.7. The Kier molecular flexibility index (Phi) is 7.18. The fraction of sp³-hybridized carbons (Fsp3) is 0.391. The molecule has 1 saturated heterocycles. The standard InChI is InChI=1S/C23H29FN4O2/c1-16-7-8-21(19(24)13-16)26-23(30)15-28-11-9-27(10-12-28)14-22(29)25-20-6-4-5-17(2)18(20)3/h4-8,13H,9-12,14-15H2,1-3H3,(H,25,29)(H,26,30)/p+2. The summed E-state index contributed by atoms with van der Waals surface area (Å²) in [6.45, 7) is 9.81. The van der Waals surface area contributed by atoms with E-state index in [4.69, 9.17) is 0 Å². The zero-order chi connectivity index (χ0) is 21.7. The monoisotopic (exact) mass is 414 g/mol. The van der Waals surface area contributed by atoms with Crippen LogP contribution in [0.4, 0.5) is 15.8 Å². The molecule has 0 unspecified atom stereocenters. The van der Waals surface area contributed by atoms with Crippen molar-refractivity contribution >= 4 is 23.2 Å². The first-order chi connectivity index (χ1) is 14.3. The number of aryl methyl sites for hydroxylation is 2. The maximum atomic E-state index is 13.9. The lowest BCUT2D eigenvalue weighted by Gasteiger charge is -2.29. The Morgan fingerprint density at radius 2 is 1.43 bits per heavy atom. The van der Waals surface area contributed by atoms with Gasteiger partial charge in [-0.3, -0.25) is 9.59 Å². The van der Waals surface area contributed by atoms with Crippen molar-refractivity contribution in [2.24, 2.45) is 0 Å². The lowest BCUT2D eigenvalue weighted by atomic mass is 10.1. The van der Waals surface area contributed by atoms with E-state index in [2.05, 4.69) is 10.6 Å². The first-order valence-corrected chi connectivity index (χ1v) is 10.4. The number of amides is 2. The Bertz CT molecular complexity index is 923. The highest BCUT2D eigenvalue weighted by Gasteiger charge is 2.26. The maximum absolute atomic E-state index is 13.9. The fourth-order valence-electron chi connectivity index (χ4n) is 3.76. The lowest BCUT2D eigenvalue weighted by molar-refractivity contribution is -1.00. The van der Waals surface area contributed by atoms with Gasteiger partial charge >= 0.3 is 0 Å². The number of hydrogen-bond acceptors (Lipinski definition) is 2. The summed E-state index contributed by atoms with van der Waals surface area (Å²) in [5.41, 5.74) is 4.14. The quantitative estimate of drug-likeness (QED) is 0.542. The van der Waals surface area contributed by atoms with E-state index in [0.717, 1.165) is 53.5 Å². The lowest BCUT2D eigenvalue weighted by Crippen LogP contribution is -3.28. The van der Waals surface area contributed by atoms with Gasteiger partial charge < -0.3 is 20.4 Å². The molecule has 1 aliphatic rings. The Morgan fingerprint density at radius 1 is 0.867 bits per heavy atom. The summed E-state index contributed by atoms with van der Waals surface area (Å²) in [5.74, 6) is -0.596. The molecule has 4 N–H and O–H groups in total. The zero-order valence-electron chi connectivity index (χ0n) is 17.9. The summed E-state index contributed by atoms with van der Waals surface area (Å²) in [6.07, 6.45) is 0. The van der Waals surface area contributed by atoms with Crippen molar-refractivity contribution in [3.8, 4) is 0 Å². The topological polar surface area (TPSA) is 67.1 Å². The molecule has 0 atom stereocenters. The molecule has 3 rings (SSSR count). The van der Waals surface area contributed by atoms with E-state index in [1.165, 1.54) is 11.0 Å². The molecule has 7 heteroatoms. The minimum absolute atomic E-state index is 0.00902. The summed E-state index contributed by atoms with van der Waals surface area (Å²) in [4.78, 5) is 27.1. The predicted molar refractivity (Wildman–Crippen MR) is 115 cm³/mol. The molecule has 1 heterocycles. The Labute approximate surface area is 177 Å². The number of rotatable bonds is 6. The van der Waals surface area contributed by atoms with Gasteiger partial charge in [0, 0.05) is 5.69 Å². The van der Waals surface area contributed by atoms with Gasteiger partial charge in [-0.2, -0.15) is 0 Å². The van der Waals surface area contributed by atoms with Gasteiger partial charge in [0.15, 0.2) is 13.1 Å². The van der Waals surface area contributed by atoms with Crippen LogP contribution in [-0.2, 0) is 9.59 Å². The third-order valence-corrected chi connectivity index (χ3v) is 5.76. The molecule has 2 aromatic carbocycles. The Balaban J connectivity index is 1.42. The van der Waals surface area contributed by atoms with E-state index >= 15 is 0 Å². The van der Waals surface area contributed by atoms with Crippen LogP contribution in [-0.4, -0.2) is 51.1 Å². The van der Waals surface area contributed by atoms with Gasteiger partial charge in [0.05, 0.1) is 5.69 Å². The molecule has 160 valence electrons. The summed E-state index contributed by atoms with van der Waals surface area (Å²) in [6, 6.07) is 10.7. The Morgan fingerprint density at radius 3 is 2.00 bits per heavy atom. The van der Waals surface area contributed by atoms with Crippen LogP contribution in [0.3, 0.4) is 0 Å². The van der Waals surface area contributed by atoms with Crippen molar-refractivity contribution in [2.45, 2.75) is 20.8 Å². The average Bonchev–Trinajstić information content (AvgIpc) is 2.69. The molecule has 6 nitrogen and oxygen atoms in total. The van der Waals surface area contributed by atoms with E-state index in [1.54, 1.807) is 12.1 Å². The van der Waals surface area contributed by atoms with Crippen LogP contribution in [0, 0.1) is 26.6 Å². The van der Waals surface area contributed by atoms with E-state index in [1.807, 2.05) is 39.0 Å². The van der Waals surface area contributed by atoms with Crippen molar-refractivity contribution in [3.05, 3.63) is 58.9 Å². The van der Waals surface area contributed by atoms with Gasteiger partial charge in [-0.15, -0.1) is 0 Å². The van der Waals surface area contributed by atoms with Crippen LogP contribution in [0.15, 0.2) is 36.4 Å². The maximum Gasteiger partial charge on any atom is 0.279 e. The summed E-state index contributed by atoms with van der Waals surface area (Å²) in [5, 5.41) is 5.67. The van der Waals surface area contributed by atoms with E-state index in [9.17, 15) is 14.0 Å². The number of carbonyl (C=O) groups is 2. The number of benzene rings is 2. The molecule has 0 radical (unpaired) electrons. The van der Waals surface area contributed by atoms with Crippen LogP contribution < -0.4 is 20.4 Å². The number of carbonyl (C=O) groups excluding carboxylic acids is 2. The van der Waals surface area contributed by atoms with Crippen molar-refractivity contribution in [1.29, 1.82) is 0 Å². The highest BCUT2D eigenvalue weighted by atomic mass is 19.1. The number of quaternary nitrogens is 2. The minimum atomic E-state index is -0.414. The molecule has 0 aromatic heterocycles. The van der Waals surface area contributed by atoms with Crippen LogP contribution in [0.5, 0.6) is 0 Å². The first kappa shape index (κ1) is 21.9. The molecule has 1 fully saturated rings. The molecule has 30 heavy (non-hydrogen) atoms. The van der Waals surface area contributed by atoms with Crippen LogP contribution in [0.1, 0.15) is 16.7 Å². The van der Waals surface area contributed by atoms with Gasteiger partial charge in [0.1, 0.15) is 32.0 Å². The summed E-state index contributed by atoms with van der Waals surface area (Å²) < 4.78 is 13.9. The smallest absolute Gasteiger partial charge is 0.279 e. The average molecular weight is 415 g/mol. The van der Waals surface area contributed by atoms with E-state index in [-0.39, 0.29) is 17.5 Å². The molecule has 0 aliphatic carbocycles. The van der Waals surface area contributed by atoms with Crippen LogP contribution in [0.2, 0.25) is 0 Å². The summed E-state index contributed by atoms with van der Waals surface area (Å²) in [7, 11) is 0. The van der Waals surface area contributed by atoms with Crippen molar-refractivity contribution < 1.29 is 23.8 Å². The Hall–Kier alpha value is -2.77. The first-order valence-electron chi connectivity index (χ1n) is 10.4. The van der Waals surface area contributed by atoms with E-state index < -0.39 is 5.82 Å². The van der Waals surface area contributed by atoms with Crippen molar-refractivity contribution in [1.82, 2.24) is 0 Å². The zero-order valence-corrected chi connectivity index (χ0v) is 17.9. The number of piperazine rings is 1. The largest absolute Gasteiger partial charge is 0.321 e. The third kappa shape index (κ3) is 5.87. The van der Waals surface area contributed by atoms with Gasteiger partial charge in [0.25, 0.3) is 11.8 Å². The molecular weight excluding hydrogens is 383 g/mol. The number of nitrogens with one attached hydrogen (secondary N) is 4. The third-order valence-electron chi connectivity index (χ3n) is 5.76. The van der Waals surface area contributed by atoms with Gasteiger partial charge in [0.2, 0.25) is 0 Å². The highest BCUT2D eigenvalue weighted by Crippen LogP contribution is 2.17. The van der Waals surface area contributed by atoms with Crippen LogP contribution >= 0.6 is 0 Å². The molecule has 0 bridgehead atoms. The van der Waals surface area contributed by atoms with Gasteiger partial charge in [-0.1, -0.05) is 18.2 Å². The number of halogens is 1. The number of anilines is 2. The number of hydrogen-bond donors (Lipinski definition) is 4. The molecule has 1 aliphatic heterocycles. The van der Waals surface area contributed by atoms with E-state index in [0.29, 0.717) is 13.1 Å². The molecule has 0 saturated carbocycles. The second kappa shape index (κ2) is 9.82. The van der Waals surface area contributed by atoms with Gasteiger partial charge in [-0.05, 0) is 55.7 Å². The SMILES string of the molecule is Cc1ccc(NC(=O)C[NH+]2CC[NH+](CC(=O)Nc3cccc(C)c3C)CC2)c(F)c1. The second-order valence-corrected chi connectivity index (χ2v) is 8.18. The summed E-state index contributed by atoms with van der Waals surface area (Å²) >= 11 is 0. The van der Waals surface area contributed by atoms with Crippen molar-refractivity contribution in [2.75, 3.05) is 49.9 Å². The van der Waals surface area contributed by atoms with Crippen LogP contribution in [0.25, 0.3) is 0 Å². The molecule has 0 spiro atoms. The predicted octanol–water partition coefficient (Wildman–Crippen LogP) is 0.112. The molecule has 2 amide bonds. The molecule has 2 aromatic rings. The van der Waals surface area contributed by atoms with Gasteiger partial charge in [-0.25, -0.2) is 4.39 Å². The highest BCUT2D eigenvalue weighted by molar-refractivity contribution is 5.92. The second-order valence-electron chi connectivity index (χ2n) is 8.18. The fourth-order valence-corrected chi connectivity index (χ4v) is 3.76. The van der Waals surface area contributed by atoms with Crippen molar-refractivity contribution in [3.63, 3.8) is 0 Å².